The van der Waals surface area contributed by atoms with Crippen LogP contribution in [0.15, 0.2) is 18.2 Å². The minimum Gasteiger partial charge on any atom is -0.496 e. The van der Waals surface area contributed by atoms with Gasteiger partial charge in [0.15, 0.2) is 0 Å². The molecule has 0 aliphatic rings. The van der Waals surface area contributed by atoms with Crippen molar-refractivity contribution in [2.45, 2.75) is 34.1 Å². The van der Waals surface area contributed by atoms with E-state index in [0.29, 0.717) is 17.2 Å². The number of hydrogen-bond acceptors (Lipinski definition) is 5. The Morgan fingerprint density at radius 2 is 1.92 bits per heavy atom. The van der Waals surface area contributed by atoms with Crippen molar-refractivity contribution in [3.63, 3.8) is 0 Å². The van der Waals surface area contributed by atoms with Crippen molar-refractivity contribution < 1.29 is 19.1 Å². The predicted molar refractivity (Wildman–Crippen MR) is 99.8 cm³/mol. The van der Waals surface area contributed by atoms with E-state index in [1.54, 1.807) is 14.0 Å². The van der Waals surface area contributed by atoms with E-state index < -0.39 is 5.97 Å². The Balaban J connectivity index is 2.18. The molecule has 0 saturated heterocycles. The molecule has 2 rings (SSSR count). The molecule has 134 valence electrons. The molecule has 1 aromatic carbocycles. The lowest BCUT2D eigenvalue weighted by Crippen LogP contribution is -2.16. The van der Waals surface area contributed by atoms with Crippen molar-refractivity contribution in [3.05, 3.63) is 45.3 Å². The molecule has 1 heterocycles. The molecule has 0 atom stereocenters. The summed E-state index contributed by atoms with van der Waals surface area (Å²) < 4.78 is 10.4. The van der Waals surface area contributed by atoms with E-state index in [1.807, 2.05) is 39.0 Å². The molecule has 5 nitrogen and oxygen atoms in total. The van der Waals surface area contributed by atoms with Crippen LogP contribution in [-0.2, 0) is 16.0 Å². The van der Waals surface area contributed by atoms with E-state index >= 15 is 0 Å². The van der Waals surface area contributed by atoms with E-state index in [1.165, 1.54) is 11.3 Å². The van der Waals surface area contributed by atoms with Crippen LogP contribution in [0, 0.1) is 20.8 Å². The highest BCUT2D eigenvalue weighted by atomic mass is 32.1. The summed E-state index contributed by atoms with van der Waals surface area (Å²) in [5, 5.41) is 3.39. The zero-order valence-corrected chi connectivity index (χ0v) is 16.0. The number of amides is 1. The summed E-state index contributed by atoms with van der Waals surface area (Å²) in [6, 6.07) is 5.67. The number of nitrogens with one attached hydrogen (secondary N) is 1. The van der Waals surface area contributed by atoms with E-state index in [0.717, 1.165) is 27.3 Å². The maximum absolute atomic E-state index is 12.4. The van der Waals surface area contributed by atoms with Crippen molar-refractivity contribution in [3.8, 4) is 5.75 Å². The largest absolute Gasteiger partial charge is 0.496 e. The zero-order chi connectivity index (χ0) is 18.6. The number of anilines is 1. The molecule has 25 heavy (non-hydrogen) atoms. The normalized spacial score (nSPS) is 10.4. The lowest BCUT2D eigenvalue weighted by Gasteiger charge is -2.09. The van der Waals surface area contributed by atoms with Crippen LogP contribution >= 0.6 is 11.3 Å². The predicted octanol–water partition coefficient (Wildman–Crippen LogP) is 4.04. The number of ether oxygens (including phenoxy) is 2. The SMILES string of the molecule is CCOC(=O)c1c(NC(=O)Cc2ccc(C)c(OC)c2)sc(C)c1C. The monoisotopic (exact) mass is 361 g/mol. The fourth-order valence-corrected chi connectivity index (χ4v) is 3.56. The number of benzene rings is 1. The molecule has 0 fully saturated rings. The van der Waals surface area contributed by atoms with Gasteiger partial charge in [-0.3, -0.25) is 4.79 Å². The number of carbonyl (C=O) groups excluding carboxylic acids is 2. The summed E-state index contributed by atoms with van der Waals surface area (Å²) >= 11 is 1.39. The number of rotatable bonds is 6. The first-order chi connectivity index (χ1) is 11.9. The molecular formula is C19H23NO4S. The number of aryl methyl sites for hydroxylation is 2. The Labute approximate surface area is 152 Å². The average molecular weight is 361 g/mol. The van der Waals surface area contributed by atoms with Crippen LogP contribution in [0.4, 0.5) is 5.00 Å². The first-order valence-electron chi connectivity index (χ1n) is 8.07. The van der Waals surface area contributed by atoms with Gasteiger partial charge in [-0.2, -0.15) is 0 Å². The molecule has 1 amide bonds. The highest BCUT2D eigenvalue weighted by Gasteiger charge is 2.22. The minimum absolute atomic E-state index is 0.183. The summed E-state index contributed by atoms with van der Waals surface area (Å²) in [5.74, 6) is 0.162. The molecule has 0 unspecified atom stereocenters. The Morgan fingerprint density at radius 1 is 1.20 bits per heavy atom. The van der Waals surface area contributed by atoms with E-state index in [-0.39, 0.29) is 12.3 Å². The van der Waals surface area contributed by atoms with Crippen LogP contribution in [-0.4, -0.2) is 25.6 Å². The molecule has 0 radical (unpaired) electrons. The van der Waals surface area contributed by atoms with Gasteiger partial charge in [0, 0.05) is 4.88 Å². The van der Waals surface area contributed by atoms with Crippen molar-refractivity contribution in [2.75, 3.05) is 19.0 Å². The van der Waals surface area contributed by atoms with Gasteiger partial charge >= 0.3 is 5.97 Å². The number of carbonyl (C=O) groups is 2. The lowest BCUT2D eigenvalue weighted by molar-refractivity contribution is -0.115. The standard InChI is InChI=1S/C19H23NO4S/c1-6-24-19(22)17-12(3)13(4)25-18(17)20-16(21)10-14-8-7-11(2)15(9-14)23-5/h7-9H,6,10H2,1-5H3,(H,20,21). The van der Waals surface area contributed by atoms with E-state index in [9.17, 15) is 9.59 Å². The molecular weight excluding hydrogens is 338 g/mol. The van der Waals surface area contributed by atoms with Crippen molar-refractivity contribution >= 4 is 28.2 Å². The first-order valence-corrected chi connectivity index (χ1v) is 8.89. The van der Waals surface area contributed by atoms with Crippen LogP contribution in [0.5, 0.6) is 5.75 Å². The summed E-state index contributed by atoms with van der Waals surface area (Å²) in [6.45, 7) is 7.78. The van der Waals surface area contributed by atoms with Gasteiger partial charge in [0.05, 0.1) is 25.7 Å². The third-order valence-electron chi connectivity index (χ3n) is 3.95. The number of hydrogen-bond donors (Lipinski definition) is 1. The van der Waals surface area contributed by atoms with Crippen molar-refractivity contribution in [1.29, 1.82) is 0 Å². The summed E-state index contributed by atoms with van der Waals surface area (Å²) in [4.78, 5) is 25.6. The Hall–Kier alpha value is -2.34. The quantitative estimate of drug-likeness (QED) is 0.789. The van der Waals surface area contributed by atoms with Crippen LogP contribution in [0.1, 0.15) is 38.8 Å². The second kappa shape index (κ2) is 8.16. The van der Waals surface area contributed by atoms with Gasteiger partial charge < -0.3 is 14.8 Å². The maximum Gasteiger partial charge on any atom is 0.341 e. The second-order valence-corrected chi connectivity index (χ2v) is 6.96. The van der Waals surface area contributed by atoms with Crippen molar-refractivity contribution in [1.82, 2.24) is 0 Å². The zero-order valence-electron chi connectivity index (χ0n) is 15.2. The highest BCUT2D eigenvalue weighted by molar-refractivity contribution is 7.16. The van der Waals surface area contributed by atoms with Gasteiger partial charge in [-0.05, 0) is 50.5 Å². The molecule has 2 aromatic rings. The summed E-state index contributed by atoms with van der Waals surface area (Å²) in [5.41, 5.74) is 3.15. The second-order valence-electron chi connectivity index (χ2n) is 5.74. The highest BCUT2D eigenvalue weighted by Crippen LogP contribution is 2.33. The first kappa shape index (κ1) is 19.0. The fraction of sp³-hybridized carbons (Fsp3) is 0.368. The molecule has 0 aliphatic heterocycles. The van der Waals surface area contributed by atoms with E-state index in [2.05, 4.69) is 5.32 Å². The number of thiophene rings is 1. The van der Waals surface area contributed by atoms with Gasteiger partial charge in [-0.1, -0.05) is 12.1 Å². The molecule has 0 saturated carbocycles. The van der Waals surface area contributed by atoms with Crippen LogP contribution < -0.4 is 10.1 Å². The van der Waals surface area contributed by atoms with Crippen molar-refractivity contribution in [2.24, 2.45) is 0 Å². The Kier molecular flexibility index (Phi) is 6.20. The molecule has 1 aromatic heterocycles. The topological polar surface area (TPSA) is 64.6 Å². The van der Waals surface area contributed by atoms with Gasteiger partial charge in [0.25, 0.3) is 0 Å². The van der Waals surface area contributed by atoms with Gasteiger partial charge in [-0.25, -0.2) is 4.79 Å². The number of methoxy groups -OCH3 is 1. The van der Waals surface area contributed by atoms with Gasteiger partial charge in [0.1, 0.15) is 10.8 Å². The maximum atomic E-state index is 12.4. The molecule has 0 aliphatic carbocycles. The summed E-state index contributed by atoms with van der Waals surface area (Å²) in [7, 11) is 1.61. The molecule has 0 bridgehead atoms. The van der Waals surface area contributed by atoms with Crippen LogP contribution in [0.3, 0.4) is 0 Å². The molecule has 6 heteroatoms. The lowest BCUT2D eigenvalue weighted by atomic mass is 10.1. The smallest absolute Gasteiger partial charge is 0.341 e. The van der Waals surface area contributed by atoms with Gasteiger partial charge in [0.2, 0.25) is 5.91 Å². The van der Waals surface area contributed by atoms with Gasteiger partial charge in [-0.15, -0.1) is 11.3 Å². The van der Waals surface area contributed by atoms with E-state index in [4.69, 9.17) is 9.47 Å². The summed E-state index contributed by atoms with van der Waals surface area (Å²) in [6.07, 6.45) is 0.203. The number of esters is 1. The minimum atomic E-state index is -0.406. The average Bonchev–Trinajstić information content (AvgIpc) is 2.83. The van der Waals surface area contributed by atoms with Crippen LogP contribution in [0.25, 0.3) is 0 Å². The van der Waals surface area contributed by atoms with Crippen LogP contribution in [0.2, 0.25) is 0 Å². The third kappa shape index (κ3) is 4.39. The third-order valence-corrected chi connectivity index (χ3v) is 5.08. The molecule has 1 N–H and O–H groups in total. The Morgan fingerprint density at radius 3 is 2.56 bits per heavy atom. The fourth-order valence-electron chi connectivity index (χ4n) is 2.49. The Bertz CT molecular complexity index is 795. The molecule has 0 spiro atoms.